The number of aromatic nitrogens is 3. The van der Waals surface area contributed by atoms with Crippen molar-refractivity contribution >= 4 is 22.6 Å². The molecule has 2 aliphatic heterocycles. The number of nitrogens with zero attached hydrogens (tertiary/aromatic N) is 4. The van der Waals surface area contributed by atoms with Gasteiger partial charge in [0.1, 0.15) is 11.5 Å². The number of carbonyl (C=O) groups is 1. The zero-order chi connectivity index (χ0) is 21.9. The Hall–Kier alpha value is -2.73. The van der Waals surface area contributed by atoms with E-state index in [0.29, 0.717) is 18.0 Å². The van der Waals surface area contributed by atoms with Crippen LogP contribution in [-0.4, -0.2) is 46.7 Å². The topological polar surface area (TPSA) is 63.1 Å². The molecule has 0 amide bonds. The van der Waals surface area contributed by atoms with Gasteiger partial charge in [-0.2, -0.15) is 5.10 Å². The van der Waals surface area contributed by atoms with Gasteiger partial charge in [-0.05, 0) is 74.7 Å². The highest BCUT2D eigenvalue weighted by molar-refractivity contribution is 6.05. The zero-order valence-electron chi connectivity index (χ0n) is 19.0. The molecule has 2 aliphatic rings. The quantitative estimate of drug-likeness (QED) is 0.598. The molecule has 5 rings (SSSR count). The summed E-state index contributed by atoms with van der Waals surface area (Å²) in [5, 5.41) is 8.82. The Morgan fingerprint density at radius 2 is 1.75 bits per heavy atom. The van der Waals surface area contributed by atoms with Gasteiger partial charge < -0.3 is 10.2 Å². The van der Waals surface area contributed by atoms with Crippen molar-refractivity contribution in [1.29, 1.82) is 0 Å². The molecule has 2 fully saturated rings. The minimum Gasteiger partial charge on any atom is -0.357 e. The van der Waals surface area contributed by atoms with Crippen LogP contribution in [0.5, 0.6) is 0 Å². The van der Waals surface area contributed by atoms with E-state index < -0.39 is 0 Å². The van der Waals surface area contributed by atoms with E-state index in [1.54, 1.807) is 4.68 Å². The number of fused-ring (bicyclic) bond motifs is 1. The highest BCUT2D eigenvalue weighted by atomic mass is 16.1. The average Bonchev–Trinajstić information content (AvgIpc) is 3.17. The predicted octanol–water partition coefficient (Wildman–Crippen LogP) is 4.00. The van der Waals surface area contributed by atoms with Crippen LogP contribution in [0.2, 0.25) is 0 Å². The Kier molecular flexibility index (Phi) is 6.21. The van der Waals surface area contributed by atoms with Crippen molar-refractivity contribution in [3.8, 4) is 0 Å². The van der Waals surface area contributed by atoms with Gasteiger partial charge in [-0.3, -0.25) is 4.79 Å². The lowest BCUT2D eigenvalue weighted by Gasteiger charge is -2.33. The van der Waals surface area contributed by atoms with Gasteiger partial charge in [0, 0.05) is 26.6 Å². The summed E-state index contributed by atoms with van der Waals surface area (Å²) in [5.74, 6) is 2.34. The van der Waals surface area contributed by atoms with Gasteiger partial charge in [-0.15, -0.1) is 0 Å². The van der Waals surface area contributed by atoms with Crippen LogP contribution in [0.4, 0.5) is 5.82 Å². The van der Waals surface area contributed by atoms with Crippen molar-refractivity contribution < 1.29 is 4.79 Å². The van der Waals surface area contributed by atoms with E-state index in [1.807, 2.05) is 7.05 Å². The lowest BCUT2D eigenvalue weighted by molar-refractivity contribution is 0.0948. The molecule has 1 aromatic carbocycles. The summed E-state index contributed by atoms with van der Waals surface area (Å²) in [6.45, 7) is 4.06. The van der Waals surface area contributed by atoms with Crippen molar-refractivity contribution in [2.75, 3.05) is 31.1 Å². The first kappa shape index (κ1) is 21.1. The number of aryl methyl sites for hydroxylation is 1. The SMILES string of the molecule is Cn1nc(C(=O)CC2CCNCC2)c2ccc(N3CCC(Cc4ccccc4)CC3)nc21. The largest absolute Gasteiger partial charge is 0.357 e. The monoisotopic (exact) mass is 431 g/mol. The molecule has 32 heavy (non-hydrogen) atoms. The van der Waals surface area contributed by atoms with Crippen molar-refractivity contribution in [2.24, 2.45) is 18.9 Å². The van der Waals surface area contributed by atoms with Crippen molar-refractivity contribution in [2.45, 2.75) is 38.5 Å². The third-order valence-electron chi connectivity index (χ3n) is 7.17. The Morgan fingerprint density at radius 3 is 2.50 bits per heavy atom. The summed E-state index contributed by atoms with van der Waals surface area (Å²) in [6.07, 6.45) is 6.24. The number of hydrogen-bond acceptors (Lipinski definition) is 5. The molecule has 3 aromatic rings. The Morgan fingerprint density at radius 1 is 1.00 bits per heavy atom. The highest BCUT2D eigenvalue weighted by Gasteiger charge is 2.24. The fraction of sp³-hybridized carbons (Fsp3) is 0.500. The molecule has 0 atom stereocenters. The first-order valence-electron chi connectivity index (χ1n) is 12.0. The number of ketones is 1. The lowest BCUT2D eigenvalue weighted by Crippen LogP contribution is -2.34. The Balaban J connectivity index is 1.26. The van der Waals surface area contributed by atoms with Crippen LogP contribution in [0, 0.1) is 11.8 Å². The smallest absolute Gasteiger partial charge is 0.184 e. The molecule has 0 saturated carbocycles. The number of pyridine rings is 1. The molecule has 1 N–H and O–H groups in total. The molecule has 0 unspecified atom stereocenters. The summed E-state index contributed by atoms with van der Waals surface area (Å²) in [7, 11) is 1.90. The van der Waals surface area contributed by atoms with Crippen molar-refractivity contribution in [1.82, 2.24) is 20.1 Å². The van der Waals surface area contributed by atoms with Gasteiger partial charge in [0.2, 0.25) is 0 Å². The average molecular weight is 432 g/mol. The van der Waals surface area contributed by atoms with E-state index in [9.17, 15) is 4.79 Å². The van der Waals surface area contributed by atoms with Gasteiger partial charge in [0.05, 0.1) is 5.39 Å². The van der Waals surface area contributed by atoms with Crippen LogP contribution in [0.15, 0.2) is 42.5 Å². The molecule has 6 heteroatoms. The number of benzene rings is 1. The zero-order valence-corrected chi connectivity index (χ0v) is 19.0. The molecule has 4 heterocycles. The number of Topliss-reactive ketones (excluding diaryl/α,β-unsaturated/α-hetero) is 1. The maximum atomic E-state index is 13.0. The molecule has 6 nitrogen and oxygen atoms in total. The number of anilines is 1. The second kappa shape index (κ2) is 9.41. The maximum Gasteiger partial charge on any atom is 0.184 e. The first-order valence-corrected chi connectivity index (χ1v) is 12.0. The molecule has 0 radical (unpaired) electrons. The van der Waals surface area contributed by atoms with Crippen molar-refractivity contribution in [3.63, 3.8) is 0 Å². The van der Waals surface area contributed by atoms with E-state index >= 15 is 0 Å². The van der Waals surface area contributed by atoms with Crippen LogP contribution in [0.1, 0.15) is 48.2 Å². The summed E-state index contributed by atoms with van der Waals surface area (Å²) in [6, 6.07) is 14.9. The second-order valence-electron chi connectivity index (χ2n) is 9.45. The van der Waals surface area contributed by atoms with Crippen molar-refractivity contribution in [3.05, 3.63) is 53.7 Å². The summed E-state index contributed by atoms with van der Waals surface area (Å²) in [5.41, 5.74) is 2.83. The van der Waals surface area contributed by atoms with E-state index in [2.05, 4.69) is 57.8 Å². The Bertz CT molecular complexity index is 1060. The van der Waals surface area contributed by atoms with Crippen LogP contribution < -0.4 is 10.2 Å². The standard InChI is InChI=1S/C26H33N5O/c1-30-26-22(25(29-30)23(32)18-20-9-13-27-14-10-20)7-8-24(28-26)31-15-11-21(12-16-31)17-19-5-3-2-4-6-19/h2-8,20-21,27H,9-18H2,1H3. The maximum absolute atomic E-state index is 13.0. The molecular formula is C26H33N5O. The fourth-order valence-electron chi connectivity index (χ4n) is 5.26. The Labute approximate surface area is 190 Å². The molecular weight excluding hydrogens is 398 g/mol. The second-order valence-corrected chi connectivity index (χ2v) is 9.45. The number of hydrogen-bond donors (Lipinski definition) is 1. The van der Waals surface area contributed by atoms with E-state index in [0.717, 1.165) is 68.2 Å². The normalized spacial score (nSPS) is 18.3. The van der Waals surface area contributed by atoms with Crippen LogP contribution in [0.25, 0.3) is 11.0 Å². The van der Waals surface area contributed by atoms with Gasteiger partial charge in [0.25, 0.3) is 0 Å². The molecule has 168 valence electrons. The molecule has 0 spiro atoms. The first-order chi connectivity index (χ1) is 15.7. The van der Waals surface area contributed by atoms with Gasteiger partial charge in [0.15, 0.2) is 11.4 Å². The molecule has 2 saturated heterocycles. The van der Waals surface area contributed by atoms with E-state index in [4.69, 9.17) is 4.98 Å². The minimum absolute atomic E-state index is 0.152. The molecule has 0 aliphatic carbocycles. The third-order valence-corrected chi connectivity index (χ3v) is 7.17. The highest BCUT2D eigenvalue weighted by Crippen LogP contribution is 2.28. The number of rotatable bonds is 6. The fourth-order valence-corrected chi connectivity index (χ4v) is 5.26. The van der Waals surface area contributed by atoms with Crippen LogP contribution in [-0.2, 0) is 13.5 Å². The van der Waals surface area contributed by atoms with E-state index in [-0.39, 0.29) is 5.78 Å². The van der Waals surface area contributed by atoms with Gasteiger partial charge in [-0.25, -0.2) is 9.67 Å². The molecule has 0 bridgehead atoms. The summed E-state index contributed by atoms with van der Waals surface area (Å²) in [4.78, 5) is 20.3. The van der Waals surface area contributed by atoms with Gasteiger partial charge in [-0.1, -0.05) is 30.3 Å². The third kappa shape index (κ3) is 4.56. The van der Waals surface area contributed by atoms with Gasteiger partial charge >= 0.3 is 0 Å². The number of piperidine rings is 2. The van der Waals surface area contributed by atoms with E-state index in [1.165, 1.54) is 18.4 Å². The summed E-state index contributed by atoms with van der Waals surface area (Å²) >= 11 is 0. The number of carbonyl (C=O) groups excluding carboxylic acids is 1. The van der Waals surface area contributed by atoms with Crippen LogP contribution in [0.3, 0.4) is 0 Å². The van der Waals surface area contributed by atoms with Crippen LogP contribution >= 0.6 is 0 Å². The predicted molar refractivity (Wildman–Crippen MR) is 128 cm³/mol. The minimum atomic E-state index is 0.152. The lowest BCUT2D eigenvalue weighted by atomic mass is 9.90. The number of nitrogens with one attached hydrogen (secondary N) is 1. The molecule has 2 aromatic heterocycles. The summed E-state index contributed by atoms with van der Waals surface area (Å²) < 4.78 is 1.77.